The summed E-state index contributed by atoms with van der Waals surface area (Å²) in [6.45, 7) is 1.71. The van der Waals surface area contributed by atoms with Gasteiger partial charge in [0.1, 0.15) is 0 Å². The molecule has 0 radical (unpaired) electrons. The van der Waals surface area contributed by atoms with E-state index < -0.39 is 10.0 Å². The Hall–Kier alpha value is -1.60. The number of rotatable bonds is 3. The summed E-state index contributed by atoms with van der Waals surface area (Å²) < 4.78 is 27.6. The average Bonchev–Trinajstić information content (AvgIpc) is 2.82. The van der Waals surface area contributed by atoms with Gasteiger partial charge in [-0.3, -0.25) is 4.72 Å². The third-order valence-electron chi connectivity index (χ3n) is 3.68. The summed E-state index contributed by atoms with van der Waals surface area (Å²) in [6, 6.07) is 4.89. The SMILES string of the molecule is Cc1c(N)cccc1S(=O)(=O)Nc1nc2c(s1)CCCC2. The number of nitrogens with one attached hydrogen (secondary N) is 1. The summed E-state index contributed by atoms with van der Waals surface area (Å²) >= 11 is 1.43. The van der Waals surface area contributed by atoms with Crippen LogP contribution < -0.4 is 10.5 Å². The molecule has 0 saturated carbocycles. The molecule has 2 aromatic rings. The molecule has 0 amide bonds. The van der Waals surface area contributed by atoms with E-state index in [4.69, 9.17) is 5.73 Å². The number of fused-ring (bicyclic) bond motifs is 1. The summed E-state index contributed by atoms with van der Waals surface area (Å²) in [7, 11) is -3.65. The van der Waals surface area contributed by atoms with Crippen LogP contribution in [0.5, 0.6) is 0 Å². The molecular weight excluding hydrogens is 306 g/mol. The predicted molar refractivity (Wildman–Crippen MR) is 85.2 cm³/mol. The summed E-state index contributed by atoms with van der Waals surface area (Å²) in [4.78, 5) is 5.81. The van der Waals surface area contributed by atoms with Gasteiger partial charge in [0.15, 0.2) is 5.13 Å². The maximum atomic E-state index is 12.5. The van der Waals surface area contributed by atoms with Crippen LogP contribution in [0.25, 0.3) is 0 Å². The molecule has 0 saturated heterocycles. The molecule has 21 heavy (non-hydrogen) atoms. The molecule has 1 aromatic carbocycles. The lowest BCUT2D eigenvalue weighted by Gasteiger charge is -2.09. The van der Waals surface area contributed by atoms with Gasteiger partial charge >= 0.3 is 0 Å². The molecule has 1 heterocycles. The number of hydrogen-bond donors (Lipinski definition) is 2. The molecule has 0 atom stereocenters. The molecule has 5 nitrogen and oxygen atoms in total. The Bertz CT molecular complexity index is 758. The molecule has 1 aliphatic carbocycles. The summed E-state index contributed by atoms with van der Waals surface area (Å²) in [5.41, 5.74) is 7.85. The molecule has 1 aliphatic rings. The van der Waals surface area contributed by atoms with Crippen LogP contribution in [0.2, 0.25) is 0 Å². The molecule has 7 heteroatoms. The lowest BCUT2D eigenvalue weighted by atomic mass is 10.0. The lowest BCUT2D eigenvalue weighted by Crippen LogP contribution is -2.14. The Morgan fingerprint density at radius 2 is 2.05 bits per heavy atom. The van der Waals surface area contributed by atoms with Gasteiger partial charge in [-0.2, -0.15) is 0 Å². The molecule has 112 valence electrons. The van der Waals surface area contributed by atoms with E-state index in [1.165, 1.54) is 16.2 Å². The van der Waals surface area contributed by atoms with E-state index in [1.807, 2.05) is 0 Å². The van der Waals surface area contributed by atoms with Gasteiger partial charge in [-0.05, 0) is 50.3 Å². The predicted octanol–water partition coefficient (Wildman–Crippen LogP) is 2.71. The van der Waals surface area contributed by atoms with E-state index >= 15 is 0 Å². The van der Waals surface area contributed by atoms with Gasteiger partial charge in [-0.1, -0.05) is 6.07 Å². The molecule has 0 unspecified atom stereocenters. The molecule has 0 bridgehead atoms. The molecular formula is C14H17N3O2S2. The van der Waals surface area contributed by atoms with Crippen LogP contribution in [0.1, 0.15) is 29.0 Å². The highest BCUT2D eigenvalue weighted by Gasteiger charge is 2.22. The second-order valence-corrected chi connectivity index (χ2v) is 7.91. The van der Waals surface area contributed by atoms with E-state index in [0.717, 1.165) is 31.4 Å². The third kappa shape index (κ3) is 2.75. The van der Waals surface area contributed by atoms with E-state index in [-0.39, 0.29) is 4.90 Å². The van der Waals surface area contributed by atoms with Crippen LogP contribution in [0.4, 0.5) is 10.8 Å². The van der Waals surface area contributed by atoms with Crippen molar-refractivity contribution in [3.05, 3.63) is 34.3 Å². The van der Waals surface area contributed by atoms with E-state index in [1.54, 1.807) is 25.1 Å². The Morgan fingerprint density at radius 3 is 2.81 bits per heavy atom. The standard InChI is InChI=1S/C14H17N3O2S2/c1-9-10(15)5-4-8-13(9)21(18,19)17-14-16-11-6-2-3-7-12(11)20-14/h4-5,8H,2-3,6-7,15H2,1H3,(H,16,17). The normalized spacial score (nSPS) is 14.7. The molecule has 3 N–H and O–H groups in total. The minimum Gasteiger partial charge on any atom is -0.398 e. The monoisotopic (exact) mass is 323 g/mol. The van der Waals surface area contributed by atoms with Crippen LogP contribution in [-0.2, 0) is 22.9 Å². The summed E-state index contributed by atoms with van der Waals surface area (Å²) in [6.07, 6.45) is 4.20. The van der Waals surface area contributed by atoms with Crippen molar-refractivity contribution in [2.45, 2.75) is 37.5 Å². The van der Waals surface area contributed by atoms with Crippen LogP contribution in [0, 0.1) is 6.92 Å². The first-order valence-electron chi connectivity index (χ1n) is 6.84. The number of sulfonamides is 1. The number of hydrogen-bond acceptors (Lipinski definition) is 5. The van der Waals surface area contributed by atoms with E-state index in [0.29, 0.717) is 16.4 Å². The van der Waals surface area contributed by atoms with Crippen LogP contribution in [0.3, 0.4) is 0 Å². The van der Waals surface area contributed by atoms with Crippen molar-refractivity contribution < 1.29 is 8.42 Å². The van der Waals surface area contributed by atoms with Crippen LogP contribution >= 0.6 is 11.3 Å². The highest BCUT2D eigenvalue weighted by Crippen LogP contribution is 2.31. The largest absolute Gasteiger partial charge is 0.398 e. The maximum absolute atomic E-state index is 12.5. The number of benzene rings is 1. The minimum atomic E-state index is -3.65. The summed E-state index contributed by atoms with van der Waals surface area (Å²) in [5, 5.41) is 0.448. The van der Waals surface area contributed by atoms with Gasteiger partial charge in [0.2, 0.25) is 0 Å². The number of aryl methyl sites for hydroxylation is 2. The topological polar surface area (TPSA) is 85.1 Å². The van der Waals surface area contributed by atoms with Gasteiger partial charge in [0.25, 0.3) is 10.0 Å². The third-order valence-corrected chi connectivity index (χ3v) is 6.37. The van der Waals surface area contributed by atoms with Crippen molar-refractivity contribution in [3.8, 4) is 0 Å². The highest BCUT2D eigenvalue weighted by molar-refractivity contribution is 7.93. The zero-order chi connectivity index (χ0) is 15.0. The van der Waals surface area contributed by atoms with Crippen LogP contribution in [-0.4, -0.2) is 13.4 Å². The molecule has 1 aromatic heterocycles. The number of nitrogens with two attached hydrogens (primary N) is 1. The first-order chi connectivity index (χ1) is 9.97. The Labute approximate surface area is 128 Å². The van der Waals surface area contributed by atoms with Crippen molar-refractivity contribution in [1.82, 2.24) is 4.98 Å². The van der Waals surface area contributed by atoms with E-state index in [2.05, 4.69) is 9.71 Å². The maximum Gasteiger partial charge on any atom is 0.264 e. The Kier molecular flexibility index (Phi) is 3.62. The second-order valence-electron chi connectivity index (χ2n) is 5.17. The zero-order valence-corrected chi connectivity index (χ0v) is 13.4. The second kappa shape index (κ2) is 5.31. The smallest absolute Gasteiger partial charge is 0.264 e. The number of nitrogens with zero attached hydrogens (tertiary/aromatic N) is 1. The van der Waals surface area contributed by atoms with Crippen molar-refractivity contribution in [1.29, 1.82) is 0 Å². The van der Waals surface area contributed by atoms with Gasteiger partial charge in [0, 0.05) is 10.6 Å². The van der Waals surface area contributed by atoms with Crippen molar-refractivity contribution in [2.75, 3.05) is 10.5 Å². The van der Waals surface area contributed by atoms with Crippen LogP contribution in [0.15, 0.2) is 23.1 Å². The lowest BCUT2D eigenvalue weighted by molar-refractivity contribution is 0.600. The average molecular weight is 323 g/mol. The first-order valence-corrected chi connectivity index (χ1v) is 9.14. The minimum absolute atomic E-state index is 0.204. The Morgan fingerprint density at radius 1 is 1.29 bits per heavy atom. The fourth-order valence-corrected chi connectivity index (χ4v) is 5.05. The van der Waals surface area contributed by atoms with Gasteiger partial charge in [-0.15, -0.1) is 11.3 Å². The number of nitrogen functional groups attached to an aromatic ring is 1. The quantitative estimate of drug-likeness (QED) is 0.851. The molecule has 0 fully saturated rings. The molecule has 3 rings (SSSR count). The van der Waals surface area contributed by atoms with Crippen molar-refractivity contribution in [2.24, 2.45) is 0 Å². The van der Waals surface area contributed by atoms with Gasteiger partial charge in [0.05, 0.1) is 10.6 Å². The van der Waals surface area contributed by atoms with Crippen molar-refractivity contribution in [3.63, 3.8) is 0 Å². The summed E-state index contributed by atoms with van der Waals surface area (Å²) in [5.74, 6) is 0. The fraction of sp³-hybridized carbons (Fsp3) is 0.357. The first kappa shape index (κ1) is 14.3. The van der Waals surface area contributed by atoms with Gasteiger partial charge < -0.3 is 5.73 Å². The highest BCUT2D eigenvalue weighted by atomic mass is 32.2. The Balaban J connectivity index is 1.93. The number of aromatic nitrogens is 1. The molecule has 0 aliphatic heterocycles. The van der Waals surface area contributed by atoms with Crippen molar-refractivity contribution >= 4 is 32.2 Å². The van der Waals surface area contributed by atoms with E-state index in [9.17, 15) is 8.42 Å². The van der Waals surface area contributed by atoms with Gasteiger partial charge in [-0.25, -0.2) is 13.4 Å². The number of thiazole rings is 1. The fourth-order valence-electron chi connectivity index (χ4n) is 2.49. The zero-order valence-electron chi connectivity index (χ0n) is 11.7. The molecule has 0 spiro atoms. The number of anilines is 2.